The minimum atomic E-state index is 0.145. The van der Waals surface area contributed by atoms with Crippen molar-refractivity contribution in [2.75, 3.05) is 21.1 Å². The van der Waals surface area contributed by atoms with E-state index in [-0.39, 0.29) is 6.10 Å². The van der Waals surface area contributed by atoms with E-state index in [1.165, 1.54) is 16.7 Å². The van der Waals surface area contributed by atoms with Crippen molar-refractivity contribution in [3.63, 3.8) is 0 Å². The van der Waals surface area contributed by atoms with E-state index in [1.807, 2.05) is 13.8 Å². The van der Waals surface area contributed by atoms with Crippen LogP contribution in [0.2, 0.25) is 0 Å². The molecule has 0 saturated carbocycles. The lowest BCUT2D eigenvalue weighted by molar-refractivity contribution is 0.239. The van der Waals surface area contributed by atoms with Gasteiger partial charge >= 0.3 is 0 Å². The Morgan fingerprint density at radius 2 is 1.64 bits per heavy atom. The molecule has 2 N–H and O–H groups in total. The summed E-state index contributed by atoms with van der Waals surface area (Å²) < 4.78 is 5.97. The summed E-state index contributed by atoms with van der Waals surface area (Å²) in [7, 11) is 5.97. The summed E-state index contributed by atoms with van der Waals surface area (Å²) in [6, 6.07) is 14.8. The number of guanidine groups is 1. The Balaban J connectivity index is 2.00. The Labute approximate surface area is 169 Å². The highest BCUT2D eigenvalue weighted by Crippen LogP contribution is 2.21. The third-order valence-corrected chi connectivity index (χ3v) is 4.31. The van der Waals surface area contributed by atoms with Crippen molar-refractivity contribution in [1.82, 2.24) is 15.5 Å². The van der Waals surface area contributed by atoms with Gasteiger partial charge in [-0.15, -0.1) is 0 Å². The first-order valence-electron chi connectivity index (χ1n) is 9.81. The van der Waals surface area contributed by atoms with Gasteiger partial charge in [0.2, 0.25) is 0 Å². The maximum atomic E-state index is 5.97. The van der Waals surface area contributed by atoms with E-state index in [0.717, 1.165) is 30.4 Å². The zero-order chi connectivity index (χ0) is 20.5. The Morgan fingerprint density at radius 1 is 1.00 bits per heavy atom. The molecule has 0 aromatic heterocycles. The average Bonchev–Trinajstić information content (AvgIpc) is 2.63. The molecule has 5 heteroatoms. The minimum absolute atomic E-state index is 0.145. The van der Waals surface area contributed by atoms with Crippen LogP contribution in [-0.4, -0.2) is 38.1 Å². The number of nitrogens with one attached hydrogen (secondary N) is 2. The number of hydrogen-bond acceptors (Lipinski definition) is 3. The van der Waals surface area contributed by atoms with Gasteiger partial charge in [0.15, 0.2) is 5.96 Å². The van der Waals surface area contributed by atoms with Crippen LogP contribution in [0.15, 0.2) is 47.5 Å². The van der Waals surface area contributed by atoms with Crippen LogP contribution < -0.4 is 15.4 Å². The maximum Gasteiger partial charge on any atom is 0.191 e. The second-order valence-electron chi connectivity index (χ2n) is 7.56. The van der Waals surface area contributed by atoms with E-state index in [1.54, 1.807) is 7.05 Å². The number of aliphatic imine (C=N–C) groups is 1. The third kappa shape index (κ3) is 6.89. The molecule has 0 aliphatic carbocycles. The molecule has 0 spiro atoms. The van der Waals surface area contributed by atoms with E-state index in [2.05, 4.69) is 84.0 Å². The second kappa shape index (κ2) is 10.7. The van der Waals surface area contributed by atoms with Crippen LogP contribution in [0.1, 0.15) is 36.1 Å². The fourth-order valence-electron chi connectivity index (χ4n) is 2.97. The topological polar surface area (TPSA) is 48.9 Å². The van der Waals surface area contributed by atoms with E-state index in [4.69, 9.17) is 4.74 Å². The molecular weight excluding hydrogens is 348 g/mol. The first-order valence-corrected chi connectivity index (χ1v) is 9.81. The molecule has 0 atom stereocenters. The van der Waals surface area contributed by atoms with Crippen LogP contribution in [0.4, 0.5) is 0 Å². The first kappa shape index (κ1) is 21.8. The first-order chi connectivity index (χ1) is 13.4. The van der Waals surface area contributed by atoms with Crippen LogP contribution >= 0.6 is 0 Å². The molecular formula is C23H34N4O. The Bertz CT molecular complexity index is 784. The smallest absolute Gasteiger partial charge is 0.191 e. The van der Waals surface area contributed by atoms with Crippen molar-refractivity contribution in [3.8, 4) is 5.75 Å². The quantitative estimate of drug-likeness (QED) is 0.540. The predicted octanol–water partition coefficient (Wildman–Crippen LogP) is 3.71. The van der Waals surface area contributed by atoms with E-state index in [9.17, 15) is 0 Å². The highest BCUT2D eigenvalue weighted by atomic mass is 16.5. The molecule has 2 aromatic carbocycles. The molecule has 2 aromatic rings. The normalized spacial score (nSPS) is 11.8. The van der Waals surface area contributed by atoms with Gasteiger partial charge in [0, 0.05) is 32.2 Å². The maximum absolute atomic E-state index is 5.97. The number of nitrogens with zero attached hydrogens (tertiary/aromatic N) is 2. The van der Waals surface area contributed by atoms with E-state index in [0.29, 0.717) is 6.54 Å². The van der Waals surface area contributed by atoms with Crippen molar-refractivity contribution >= 4 is 5.96 Å². The van der Waals surface area contributed by atoms with E-state index >= 15 is 0 Å². The molecule has 0 bridgehead atoms. The molecule has 0 saturated heterocycles. The summed E-state index contributed by atoms with van der Waals surface area (Å²) >= 11 is 0. The molecule has 152 valence electrons. The zero-order valence-corrected chi connectivity index (χ0v) is 18.0. The number of ether oxygens (including phenoxy) is 1. The van der Waals surface area contributed by atoms with Crippen LogP contribution in [0, 0.1) is 6.92 Å². The van der Waals surface area contributed by atoms with Crippen molar-refractivity contribution in [2.45, 2.75) is 46.5 Å². The predicted molar refractivity (Wildman–Crippen MR) is 118 cm³/mol. The summed E-state index contributed by atoms with van der Waals surface area (Å²) in [4.78, 5) is 6.54. The van der Waals surface area contributed by atoms with Gasteiger partial charge in [-0.25, -0.2) is 0 Å². The zero-order valence-electron chi connectivity index (χ0n) is 18.0. The van der Waals surface area contributed by atoms with Gasteiger partial charge in [-0.05, 0) is 57.6 Å². The summed E-state index contributed by atoms with van der Waals surface area (Å²) in [5.41, 5.74) is 4.91. The average molecular weight is 383 g/mol. The van der Waals surface area contributed by atoms with Crippen molar-refractivity contribution in [3.05, 3.63) is 64.7 Å². The molecule has 0 aliphatic heterocycles. The van der Waals surface area contributed by atoms with Gasteiger partial charge in [0.05, 0.1) is 6.10 Å². The summed E-state index contributed by atoms with van der Waals surface area (Å²) in [5.74, 6) is 1.70. The minimum Gasteiger partial charge on any atom is -0.491 e. The molecule has 0 aliphatic rings. The second-order valence-corrected chi connectivity index (χ2v) is 7.56. The SMILES string of the molecule is CN=C(NCc1ccccc1CN(C)C)NCc1ccc(C)cc1OC(C)C. The molecule has 2 rings (SSSR count). The summed E-state index contributed by atoms with van der Waals surface area (Å²) in [6.45, 7) is 8.48. The largest absolute Gasteiger partial charge is 0.491 e. The highest BCUT2D eigenvalue weighted by Gasteiger charge is 2.08. The van der Waals surface area contributed by atoms with Crippen LogP contribution in [-0.2, 0) is 19.6 Å². The Hall–Kier alpha value is -2.53. The Kier molecular flexibility index (Phi) is 8.33. The molecule has 5 nitrogen and oxygen atoms in total. The monoisotopic (exact) mass is 382 g/mol. The van der Waals surface area contributed by atoms with Gasteiger partial charge in [-0.3, -0.25) is 4.99 Å². The molecule has 0 fully saturated rings. The van der Waals surface area contributed by atoms with Crippen molar-refractivity contribution < 1.29 is 4.74 Å². The molecule has 0 heterocycles. The molecule has 28 heavy (non-hydrogen) atoms. The molecule has 0 radical (unpaired) electrons. The fraction of sp³-hybridized carbons (Fsp3) is 0.435. The van der Waals surface area contributed by atoms with Crippen LogP contribution in [0.5, 0.6) is 5.75 Å². The lowest BCUT2D eigenvalue weighted by Crippen LogP contribution is -2.36. The van der Waals surface area contributed by atoms with Gasteiger partial charge < -0.3 is 20.3 Å². The number of benzene rings is 2. The Morgan fingerprint density at radius 3 is 2.25 bits per heavy atom. The lowest BCUT2D eigenvalue weighted by atomic mass is 10.1. The van der Waals surface area contributed by atoms with Crippen molar-refractivity contribution in [1.29, 1.82) is 0 Å². The van der Waals surface area contributed by atoms with Gasteiger partial charge in [-0.2, -0.15) is 0 Å². The standard InChI is InChI=1S/C23H34N4O/c1-17(2)28-22-13-18(3)11-12-20(22)15-26-23(24-4)25-14-19-9-7-8-10-21(19)16-27(5)6/h7-13,17H,14-16H2,1-6H3,(H2,24,25,26). The number of rotatable bonds is 8. The van der Waals surface area contributed by atoms with E-state index < -0.39 is 0 Å². The number of aryl methyl sites for hydroxylation is 1. The van der Waals surface area contributed by atoms with Gasteiger partial charge in [-0.1, -0.05) is 36.4 Å². The van der Waals surface area contributed by atoms with Gasteiger partial charge in [0.1, 0.15) is 5.75 Å². The summed E-state index contributed by atoms with van der Waals surface area (Å²) in [6.07, 6.45) is 0.145. The van der Waals surface area contributed by atoms with Gasteiger partial charge in [0.25, 0.3) is 0 Å². The fourth-order valence-corrected chi connectivity index (χ4v) is 2.97. The third-order valence-electron chi connectivity index (χ3n) is 4.31. The van der Waals surface area contributed by atoms with Crippen molar-refractivity contribution in [2.24, 2.45) is 4.99 Å². The van der Waals surface area contributed by atoms with Crippen LogP contribution in [0.3, 0.4) is 0 Å². The summed E-state index contributed by atoms with van der Waals surface area (Å²) in [5, 5.41) is 6.82. The lowest BCUT2D eigenvalue weighted by Gasteiger charge is -2.18. The molecule has 0 unspecified atom stereocenters. The highest BCUT2D eigenvalue weighted by molar-refractivity contribution is 5.79. The number of hydrogen-bond donors (Lipinski definition) is 2. The molecule has 0 amide bonds. The van der Waals surface area contributed by atoms with Crippen LogP contribution in [0.25, 0.3) is 0 Å².